The molecule has 0 aromatic carbocycles. The van der Waals surface area contributed by atoms with Crippen molar-refractivity contribution in [3.05, 3.63) is 0 Å². The summed E-state index contributed by atoms with van der Waals surface area (Å²) in [6.45, 7) is 12.0. The second kappa shape index (κ2) is 70.4. The van der Waals surface area contributed by atoms with Crippen LogP contribution in [0.25, 0.3) is 0 Å². The van der Waals surface area contributed by atoms with E-state index >= 15 is 0 Å². The number of phosphoric ester groups is 2. The van der Waals surface area contributed by atoms with Crippen molar-refractivity contribution in [3.63, 3.8) is 0 Å². The van der Waals surface area contributed by atoms with Gasteiger partial charge in [0.25, 0.3) is 0 Å². The van der Waals surface area contributed by atoms with Gasteiger partial charge in [0.2, 0.25) is 0 Å². The van der Waals surface area contributed by atoms with Crippen molar-refractivity contribution >= 4 is 39.5 Å². The standard InChI is InChI=1S/C80H156O17P2/c1-8-11-12-13-14-31-40-47-54-61-77(82)90-68-76(97-80(85)64-57-50-43-36-37-44-51-58-71(4)5)70-95-99(88,89)93-66-74(81)65-92-98(86,87)94-69-75(67-91-78(83)62-55-48-41-34-29-25-22-21-24-28-33-39-46-53-60-73(7)10-3)96-79(84)63-56-49-42-35-30-26-20-18-16-15-17-19-23-27-32-38-45-52-59-72(6)9-2/h71-76,81H,8-70H2,1-7H3,(H,86,87)(H,88,89)/t72?,73?,74-,75-,76-/m1/s1. The van der Waals surface area contributed by atoms with Gasteiger partial charge >= 0.3 is 39.5 Å². The zero-order chi connectivity index (χ0) is 73.0. The highest BCUT2D eigenvalue weighted by atomic mass is 31.2. The number of aliphatic hydroxyl groups is 1. The van der Waals surface area contributed by atoms with Crippen LogP contribution in [0.2, 0.25) is 0 Å². The maximum atomic E-state index is 13.1. The van der Waals surface area contributed by atoms with Crippen LogP contribution in [0.3, 0.4) is 0 Å². The van der Waals surface area contributed by atoms with Gasteiger partial charge in [-0.2, -0.15) is 0 Å². The minimum Gasteiger partial charge on any atom is -0.462 e. The van der Waals surface area contributed by atoms with Crippen LogP contribution < -0.4 is 0 Å². The van der Waals surface area contributed by atoms with Gasteiger partial charge in [-0.25, -0.2) is 9.13 Å². The quantitative estimate of drug-likeness (QED) is 0.0222. The smallest absolute Gasteiger partial charge is 0.462 e. The Labute approximate surface area is 607 Å². The lowest BCUT2D eigenvalue weighted by molar-refractivity contribution is -0.161. The molecule has 0 aromatic rings. The van der Waals surface area contributed by atoms with Gasteiger partial charge in [0, 0.05) is 25.7 Å². The summed E-state index contributed by atoms with van der Waals surface area (Å²) in [6, 6.07) is 0. The van der Waals surface area contributed by atoms with Crippen LogP contribution >= 0.6 is 15.6 Å². The number of carbonyl (C=O) groups is 4. The van der Waals surface area contributed by atoms with Gasteiger partial charge in [-0.3, -0.25) is 37.3 Å². The average Bonchev–Trinajstić information content (AvgIpc) is 0.958. The van der Waals surface area contributed by atoms with Gasteiger partial charge in [-0.1, -0.05) is 363 Å². The molecule has 0 saturated carbocycles. The monoisotopic (exact) mass is 1450 g/mol. The summed E-state index contributed by atoms with van der Waals surface area (Å²) < 4.78 is 68.6. The lowest BCUT2D eigenvalue weighted by atomic mass is 9.99. The molecule has 0 fully saturated rings. The van der Waals surface area contributed by atoms with Crippen LogP contribution in [0.15, 0.2) is 0 Å². The van der Waals surface area contributed by atoms with Crippen LogP contribution in [-0.2, 0) is 65.4 Å². The molecule has 19 heteroatoms. The molecule has 588 valence electrons. The second-order valence-corrected chi connectivity index (χ2v) is 32.7. The molecule has 17 nitrogen and oxygen atoms in total. The van der Waals surface area contributed by atoms with E-state index in [1.807, 2.05) is 0 Å². The van der Waals surface area contributed by atoms with Gasteiger partial charge in [-0.15, -0.1) is 0 Å². The van der Waals surface area contributed by atoms with E-state index in [1.165, 1.54) is 225 Å². The molecule has 0 aliphatic rings. The highest BCUT2D eigenvalue weighted by Crippen LogP contribution is 2.45. The van der Waals surface area contributed by atoms with E-state index in [2.05, 4.69) is 48.5 Å². The van der Waals surface area contributed by atoms with Crippen LogP contribution in [0.4, 0.5) is 0 Å². The molecule has 3 N–H and O–H groups in total. The van der Waals surface area contributed by atoms with Crippen molar-refractivity contribution in [2.24, 2.45) is 17.8 Å². The maximum absolute atomic E-state index is 13.1. The summed E-state index contributed by atoms with van der Waals surface area (Å²) in [6.07, 6.45) is 58.4. The molecule has 0 saturated heterocycles. The topological polar surface area (TPSA) is 237 Å². The van der Waals surface area contributed by atoms with Gasteiger partial charge in [0.1, 0.15) is 19.3 Å². The predicted octanol–water partition coefficient (Wildman–Crippen LogP) is 23.7. The number of hydrogen-bond acceptors (Lipinski definition) is 15. The van der Waals surface area contributed by atoms with Crippen LogP contribution in [0.5, 0.6) is 0 Å². The van der Waals surface area contributed by atoms with Crippen molar-refractivity contribution in [3.8, 4) is 0 Å². The molecular weight excluding hydrogens is 1290 g/mol. The Morgan fingerprint density at radius 2 is 0.515 bits per heavy atom. The molecule has 99 heavy (non-hydrogen) atoms. The highest BCUT2D eigenvalue weighted by molar-refractivity contribution is 7.47. The number of phosphoric acid groups is 2. The summed E-state index contributed by atoms with van der Waals surface area (Å²) in [7, 11) is -9.91. The fourth-order valence-corrected chi connectivity index (χ4v) is 13.8. The number of ether oxygens (including phenoxy) is 4. The Bertz CT molecular complexity index is 1930. The Kier molecular flexibility index (Phi) is 69.0. The maximum Gasteiger partial charge on any atom is 0.472 e. The lowest BCUT2D eigenvalue weighted by Crippen LogP contribution is -2.30. The van der Waals surface area contributed by atoms with Crippen molar-refractivity contribution in [2.75, 3.05) is 39.6 Å². The third-order valence-electron chi connectivity index (χ3n) is 19.4. The molecule has 0 radical (unpaired) electrons. The summed E-state index contributed by atoms with van der Waals surface area (Å²) in [5, 5.41) is 10.6. The van der Waals surface area contributed by atoms with Crippen LogP contribution in [-0.4, -0.2) is 96.7 Å². The van der Waals surface area contributed by atoms with E-state index in [4.69, 9.17) is 37.0 Å². The minimum absolute atomic E-state index is 0.103. The van der Waals surface area contributed by atoms with E-state index < -0.39 is 97.5 Å². The van der Waals surface area contributed by atoms with Crippen molar-refractivity contribution in [2.45, 2.75) is 433 Å². The first-order valence-electron chi connectivity index (χ1n) is 41.4. The summed E-state index contributed by atoms with van der Waals surface area (Å²) in [5.41, 5.74) is 0. The fraction of sp³-hybridized carbons (Fsp3) is 0.950. The molecule has 0 rings (SSSR count). The first-order chi connectivity index (χ1) is 47.8. The molecule has 0 aliphatic heterocycles. The molecule has 0 amide bonds. The number of carbonyl (C=O) groups excluding carboxylic acids is 4. The Morgan fingerprint density at radius 3 is 0.768 bits per heavy atom. The average molecular weight is 1450 g/mol. The number of aliphatic hydroxyl groups excluding tert-OH is 1. The normalized spacial score (nSPS) is 14.5. The molecule has 0 heterocycles. The molecule has 7 atom stereocenters. The van der Waals surface area contributed by atoms with E-state index in [1.54, 1.807) is 0 Å². The van der Waals surface area contributed by atoms with E-state index in [-0.39, 0.29) is 25.7 Å². The SMILES string of the molecule is CCCCCCCCCCCC(=O)OC[C@H](COP(=O)(O)OC[C@H](O)COP(=O)(O)OC[C@@H](COC(=O)CCCCCCCCCCCCCCCCC(C)CC)OC(=O)CCCCCCCCCCCCCCCCCCCCC(C)CC)OC(=O)CCCCCCCCCC(C)C. The highest BCUT2D eigenvalue weighted by Gasteiger charge is 2.30. The molecule has 0 aliphatic carbocycles. The number of rotatable bonds is 78. The van der Waals surface area contributed by atoms with Crippen molar-refractivity contribution in [1.82, 2.24) is 0 Å². The summed E-state index contributed by atoms with van der Waals surface area (Å²) in [4.78, 5) is 72.8. The Hall–Kier alpha value is -1.94. The van der Waals surface area contributed by atoms with E-state index in [0.717, 1.165) is 102 Å². The molecule has 0 spiro atoms. The first-order valence-corrected chi connectivity index (χ1v) is 44.4. The Balaban J connectivity index is 5.18. The van der Waals surface area contributed by atoms with Gasteiger partial charge in [-0.05, 0) is 43.4 Å². The fourth-order valence-electron chi connectivity index (χ4n) is 12.2. The summed E-state index contributed by atoms with van der Waals surface area (Å²) in [5.74, 6) is 0.300. The van der Waals surface area contributed by atoms with Crippen LogP contribution in [0, 0.1) is 17.8 Å². The van der Waals surface area contributed by atoms with Gasteiger partial charge < -0.3 is 33.8 Å². The first kappa shape index (κ1) is 97.1. The van der Waals surface area contributed by atoms with Gasteiger partial charge in [0.15, 0.2) is 12.2 Å². The largest absolute Gasteiger partial charge is 0.472 e. The van der Waals surface area contributed by atoms with E-state index in [0.29, 0.717) is 31.6 Å². The lowest BCUT2D eigenvalue weighted by Gasteiger charge is -2.21. The van der Waals surface area contributed by atoms with Crippen molar-refractivity contribution < 1.29 is 80.2 Å². The van der Waals surface area contributed by atoms with E-state index in [9.17, 15) is 43.2 Å². The second-order valence-electron chi connectivity index (χ2n) is 29.8. The minimum atomic E-state index is -4.96. The summed E-state index contributed by atoms with van der Waals surface area (Å²) >= 11 is 0. The van der Waals surface area contributed by atoms with Crippen LogP contribution in [0.1, 0.15) is 414 Å². The third kappa shape index (κ3) is 71.5. The molecule has 4 unspecified atom stereocenters. The number of esters is 4. The Morgan fingerprint density at radius 1 is 0.293 bits per heavy atom. The molecular formula is C80H156O17P2. The zero-order valence-electron chi connectivity index (χ0n) is 65.0. The van der Waals surface area contributed by atoms with Gasteiger partial charge in [0.05, 0.1) is 26.4 Å². The predicted molar refractivity (Wildman–Crippen MR) is 405 cm³/mol. The zero-order valence-corrected chi connectivity index (χ0v) is 66.8. The van der Waals surface area contributed by atoms with Crippen molar-refractivity contribution in [1.29, 1.82) is 0 Å². The number of hydrogen-bond donors (Lipinski definition) is 3. The third-order valence-corrected chi connectivity index (χ3v) is 21.3. The molecule has 0 aromatic heterocycles. The number of unbranched alkanes of at least 4 members (excludes halogenated alkanes) is 44. The molecule has 0 bridgehead atoms.